The molecule has 0 aliphatic carbocycles. The molecule has 0 saturated carbocycles. The van der Waals surface area contributed by atoms with E-state index in [1.807, 2.05) is 19.9 Å². The van der Waals surface area contributed by atoms with Crippen molar-refractivity contribution in [3.8, 4) is 17.0 Å². The van der Waals surface area contributed by atoms with Gasteiger partial charge in [0.1, 0.15) is 17.6 Å². The molecular formula is C25H30ClN7O4S. The number of ether oxygens (including phenoxy) is 1. The topological polar surface area (TPSA) is 118 Å². The molecule has 5 rings (SSSR count). The highest BCUT2D eigenvalue weighted by molar-refractivity contribution is 7.89. The van der Waals surface area contributed by atoms with Gasteiger partial charge >= 0.3 is 5.69 Å². The molecule has 1 N–H and O–H groups in total. The summed E-state index contributed by atoms with van der Waals surface area (Å²) in [5, 5.41) is 8.31. The Balaban J connectivity index is 1.66. The lowest BCUT2D eigenvalue weighted by atomic mass is 10.1. The number of aryl methyl sites for hydroxylation is 1. The third-order valence-electron chi connectivity index (χ3n) is 6.72. The van der Waals surface area contributed by atoms with Crippen molar-refractivity contribution >= 4 is 38.3 Å². The lowest BCUT2D eigenvalue weighted by molar-refractivity contribution is 0.204. The Kier molecular flexibility index (Phi) is 7.32. The molecule has 4 heterocycles. The van der Waals surface area contributed by atoms with Gasteiger partial charge in [0.05, 0.1) is 27.7 Å². The highest BCUT2D eigenvalue weighted by Crippen LogP contribution is 2.40. The number of H-pyrrole nitrogens is 1. The maximum absolute atomic E-state index is 13.6. The number of rotatable bonds is 9. The van der Waals surface area contributed by atoms with Gasteiger partial charge in [0.2, 0.25) is 10.0 Å². The molecule has 0 atom stereocenters. The summed E-state index contributed by atoms with van der Waals surface area (Å²) >= 11 is 6.93. The van der Waals surface area contributed by atoms with Gasteiger partial charge in [-0.15, -0.1) is 16.8 Å². The minimum atomic E-state index is -3.77. The molecule has 1 aliphatic heterocycles. The number of aromatic amines is 1. The van der Waals surface area contributed by atoms with Gasteiger partial charge in [-0.2, -0.15) is 4.31 Å². The summed E-state index contributed by atoms with van der Waals surface area (Å²) in [5.41, 5.74) is 1.98. The first kappa shape index (κ1) is 26.4. The van der Waals surface area contributed by atoms with Crippen molar-refractivity contribution in [3.05, 3.63) is 52.7 Å². The number of hydrogen-bond acceptors (Lipinski definition) is 7. The normalized spacial score (nSPS) is 15.4. The second-order valence-corrected chi connectivity index (χ2v) is 11.4. The number of piperazine rings is 1. The SMILES string of the molecule is C=CCN1CCN(S(=O)(=O)c2ccc(OCC)c(-c3[nH]c4c(c3Cl)n(CCC)c(=O)n3cnnc43)c2)CC1. The zero-order valence-electron chi connectivity index (χ0n) is 21.4. The van der Waals surface area contributed by atoms with Gasteiger partial charge in [-0.3, -0.25) is 9.47 Å². The van der Waals surface area contributed by atoms with Crippen LogP contribution in [-0.2, 0) is 16.6 Å². The molecule has 38 heavy (non-hydrogen) atoms. The molecular weight excluding hydrogens is 530 g/mol. The standard InChI is InChI=1S/C25H30ClN7O4S/c1-4-9-30-11-13-31(14-12-30)38(35,36)17-7-8-19(37-6-3)18(15-17)21-20(26)23-22(28-21)24-29-27-16-33(24)25(34)32(23)10-5-2/h4,7-8,15-16,28H,1,5-6,9-14H2,2-3H3. The highest BCUT2D eigenvalue weighted by Gasteiger charge is 2.30. The van der Waals surface area contributed by atoms with Crippen LogP contribution in [0.3, 0.4) is 0 Å². The zero-order valence-corrected chi connectivity index (χ0v) is 22.9. The molecule has 0 bridgehead atoms. The van der Waals surface area contributed by atoms with E-state index in [1.165, 1.54) is 15.0 Å². The van der Waals surface area contributed by atoms with Crippen LogP contribution in [0.15, 0.2) is 46.9 Å². The quantitative estimate of drug-likeness (QED) is 0.313. The van der Waals surface area contributed by atoms with Gasteiger partial charge in [0, 0.05) is 44.8 Å². The summed E-state index contributed by atoms with van der Waals surface area (Å²) in [7, 11) is -3.77. The number of nitrogens with zero attached hydrogens (tertiary/aromatic N) is 6. The Morgan fingerprint density at radius 1 is 1.21 bits per heavy atom. The Labute approximate surface area is 225 Å². The molecule has 1 aromatic carbocycles. The van der Waals surface area contributed by atoms with Crippen LogP contribution in [-0.4, -0.2) is 81.1 Å². The fraction of sp³-hybridized carbons (Fsp3) is 0.400. The maximum atomic E-state index is 13.6. The molecule has 13 heteroatoms. The largest absolute Gasteiger partial charge is 0.493 e. The minimum Gasteiger partial charge on any atom is -0.493 e. The van der Waals surface area contributed by atoms with Crippen molar-refractivity contribution in [2.24, 2.45) is 0 Å². The fourth-order valence-electron chi connectivity index (χ4n) is 4.90. The van der Waals surface area contributed by atoms with Crippen LogP contribution in [0, 0.1) is 0 Å². The summed E-state index contributed by atoms with van der Waals surface area (Å²) in [6.45, 7) is 11.2. The van der Waals surface area contributed by atoms with E-state index in [2.05, 4.69) is 26.7 Å². The lowest BCUT2D eigenvalue weighted by Gasteiger charge is -2.33. The first-order valence-corrected chi connectivity index (χ1v) is 14.4. The molecule has 0 amide bonds. The molecule has 1 saturated heterocycles. The summed E-state index contributed by atoms with van der Waals surface area (Å²) in [6, 6.07) is 4.78. The van der Waals surface area contributed by atoms with E-state index in [-0.39, 0.29) is 15.6 Å². The second-order valence-electron chi connectivity index (χ2n) is 9.08. The van der Waals surface area contributed by atoms with Crippen LogP contribution in [0.2, 0.25) is 5.02 Å². The number of halogens is 1. The average Bonchev–Trinajstić information content (AvgIpc) is 3.53. The maximum Gasteiger partial charge on any atom is 0.335 e. The monoisotopic (exact) mass is 559 g/mol. The van der Waals surface area contributed by atoms with Gasteiger partial charge in [0.25, 0.3) is 0 Å². The van der Waals surface area contributed by atoms with Crippen LogP contribution >= 0.6 is 11.6 Å². The van der Waals surface area contributed by atoms with Crippen LogP contribution in [0.4, 0.5) is 0 Å². The van der Waals surface area contributed by atoms with Crippen LogP contribution in [0.25, 0.3) is 27.9 Å². The molecule has 202 valence electrons. The number of hydrogen-bond donors (Lipinski definition) is 1. The first-order chi connectivity index (χ1) is 18.3. The average molecular weight is 560 g/mol. The third kappa shape index (κ3) is 4.41. The van der Waals surface area contributed by atoms with Gasteiger partial charge < -0.3 is 9.72 Å². The van der Waals surface area contributed by atoms with Crippen molar-refractivity contribution in [2.75, 3.05) is 39.3 Å². The van der Waals surface area contributed by atoms with E-state index in [0.29, 0.717) is 79.4 Å². The lowest BCUT2D eigenvalue weighted by Crippen LogP contribution is -2.48. The summed E-state index contributed by atoms with van der Waals surface area (Å²) < 4.78 is 37.6. The summed E-state index contributed by atoms with van der Waals surface area (Å²) in [5.74, 6) is 0.470. The molecule has 1 aliphatic rings. The van der Waals surface area contributed by atoms with Crippen molar-refractivity contribution < 1.29 is 13.2 Å². The third-order valence-corrected chi connectivity index (χ3v) is 8.98. The molecule has 3 aromatic heterocycles. The summed E-state index contributed by atoms with van der Waals surface area (Å²) in [6.07, 6.45) is 3.89. The van der Waals surface area contributed by atoms with Gasteiger partial charge in [-0.05, 0) is 31.5 Å². The van der Waals surface area contributed by atoms with Crippen LogP contribution in [0.1, 0.15) is 20.3 Å². The van der Waals surface area contributed by atoms with E-state index >= 15 is 0 Å². The predicted octanol–water partition coefficient (Wildman–Crippen LogP) is 2.99. The number of sulfonamides is 1. The molecule has 1 fully saturated rings. The van der Waals surface area contributed by atoms with Crippen LogP contribution in [0.5, 0.6) is 5.75 Å². The predicted molar refractivity (Wildman–Crippen MR) is 146 cm³/mol. The first-order valence-electron chi connectivity index (χ1n) is 12.6. The molecule has 0 unspecified atom stereocenters. The van der Waals surface area contributed by atoms with E-state index in [0.717, 1.165) is 6.54 Å². The Bertz CT molecular complexity index is 1670. The Morgan fingerprint density at radius 3 is 2.66 bits per heavy atom. The van der Waals surface area contributed by atoms with Crippen molar-refractivity contribution in [3.63, 3.8) is 0 Å². The fourth-order valence-corrected chi connectivity index (χ4v) is 6.70. The Morgan fingerprint density at radius 2 is 1.97 bits per heavy atom. The van der Waals surface area contributed by atoms with Crippen molar-refractivity contribution in [1.29, 1.82) is 0 Å². The van der Waals surface area contributed by atoms with Crippen LogP contribution < -0.4 is 10.4 Å². The Hall–Kier alpha value is -3.19. The molecule has 0 spiro atoms. The van der Waals surface area contributed by atoms with Gasteiger partial charge in [-0.1, -0.05) is 24.6 Å². The number of benzene rings is 1. The van der Waals surface area contributed by atoms with E-state index in [4.69, 9.17) is 16.3 Å². The van der Waals surface area contributed by atoms with Gasteiger partial charge in [0.15, 0.2) is 5.65 Å². The van der Waals surface area contributed by atoms with Crippen molar-refractivity contribution in [2.45, 2.75) is 31.7 Å². The second kappa shape index (κ2) is 10.5. The smallest absolute Gasteiger partial charge is 0.335 e. The zero-order chi connectivity index (χ0) is 27.0. The van der Waals surface area contributed by atoms with E-state index < -0.39 is 10.0 Å². The molecule has 4 aromatic rings. The summed E-state index contributed by atoms with van der Waals surface area (Å²) in [4.78, 5) is 18.7. The molecule has 11 nitrogen and oxygen atoms in total. The number of fused-ring (bicyclic) bond motifs is 3. The number of aromatic nitrogens is 5. The van der Waals surface area contributed by atoms with E-state index in [1.54, 1.807) is 22.8 Å². The molecule has 0 radical (unpaired) electrons. The number of nitrogens with one attached hydrogen (secondary N) is 1. The van der Waals surface area contributed by atoms with E-state index in [9.17, 15) is 13.2 Å². The minimum absolute atomic E-state index is 0.140. The van der Waals surface area contributed by atoms with Gasteiger partial charge in [-0.25, -0.2) is 17.6 Å². The highest BCUT2D eigenvalue weighted by atomic mass is 35.5. The van der Waals surface area contributed by atoms with Crippen molar-refractivity contribution in [1.82, 2.24) is 33.4 Å².